The van der Waals surface area contributed by atoms with E-state index in [1.165, 1.54) is 7.11 Å². The Hall–Kier alpha value is -1.85. The maximum absolute atomic E-state index is 13.8. The standard InChI is InChI=1S/C27H46BN3O7/c1-23(2,3)36-22(34)31-16-9-11-19(31)20(32)30-17-26(13-15-29-27(26,18-30)21(33)35-8)12-10-14-28-37-24(4,5)25(6,7)38-28/h19,29H,9-18H2,1-8H3/t19-,26+,27+/m0/s1. The van der Waals surface area contributed by atoms with Gasteiger partial charge in [0.15, 0.2) is 0 Å². The van der Waals surface area contributed by atoms with Crippen LogP contribution < -0.4 is 5.32 Å². The average molecular weight is 535 g/mol. The van der Waals surface area contributed by atoms with Crippen LogP contribution in [0, 0.1) is 5.41 Å². The molecule has 11 heteroatoms. The lowest BCUT2D eigenvalue weighted by molar-refractivity contribution is -0.151. The maximum atomic E-state index is 13.8. The van der Waals surface area contributed by atoms with Gasteiger partial charge in [0.1, 0.15) is 17.2 Å². The summed E-state index contributed by atoms with van der Waals surface area (Å²) in [7, 11) is 1.09. The lowest BCUT2D eigenvalue weighted by Gasteiger charge is -2.36. The van der Waals surface area contributed by atoms with Gasteiger partial charge >= 0.3 is 19.2 Å². The SMILES string of the molecule is COC(=O)[C@]12CN(C(=O)[C@@H]3CCCN3C(=O)OC(C)(C)C)C[C@@]1(CCCB1OC(C)(C)C(C)(C)O1)CCN2. The van der Waals surface area contributed by atoms with E-state index in [0.717, 1.165) is 25.7 Å². The summed E-state index contributed by atoms with van der Waals surface area (Å²) in [5, 5.41) is 3.43. The van der Waals surface area contributed by atoms with E-state index in [2.05, 4.69) is 5.32 Å². The molecular formula is C27H46BN3O7. The Morgan fingerprint density at radius 3 is 2.34 bits per heavy atom. The molecule has 4 saturated heterocycles. The summed E-state index contributed by atoms with van der Waals surface area (Å²) in [6, 6.07) is -0.583. The van der Waals surface area contributed by atoms with Gasteiger partial charge in [-0.15, -0.1) is 0 Å². The molecule has 4 heterocycles. The van der Waals surface area contributed by atoms with Crippen molar-refractivity contribution in [1.29, 1.82) is 0 Å². The van der Waals surface area contributed by atoms with Gasteiger partial charge in [0.2, 0.25) is 5.91 Å². The minimum Gasteiger partial charge on any atom is -0.468 e. The van der Waals surface area contributed by atoms with Gasteiger partial charge in [-0.3, -0.25) is 15.0 Å². The van der Waals surface area contributed by atoms with E-state index >= 15 is 0 Å². The molecule has 1 N–H and O–H groups in total. The average Bonchev–Trinajstić information content (AvgIpc) is 3.52. The van der Waals surface area contributed by atoms with E-state index in [0.29, 0.717) is 32.4 Å². The van der Waals surface area contributed by atoms with Crippen LogP contribution in [0.4, 0.5) is 4.79 Å². The number of carbonyl (C=O) groups is 3. The number of likely N-dealkylation sites (tertiary alicyclic amines) is 2. The second-order valence-corrected chi connectivity index (χ2v) is 13.5. The first kappa shape index (κ1) is 29.1. The first-order chi connectivity index (χ1) is 17.6. The highest BCUT2D eigenvalue weighted by Crippen LogP contribution is 2.51. The van der Waals surface area contributed by atoms with Gasteiger partial charge < -0.3 is 23.7 Å². The second kappa shape index (κ2) is 9.96. The summed E-state index contributed by atoms with van der Waals surface area (Å²) in [6.07, 6.45) is 3.83. The van der Waals surface area contributed by atoms with Gasteiger partial charge in [0.05, 0.1) is 24.9 Å². The first-order valence-corrected chi connectivity index (χ1v) is 14.0. The second-order valence-electron chi connectivity index (χ2n) is 13.5. The molecule has 0 unspecified atom stereocenters. The quantitative estimate of drug-likeness (QED) is 0.409. The van der Waals surface area contributed by atoms with Gasteiger partial charge in [-0.1, -0.05) is 6.42 Å². The number of nitrogens with one attached hydrogen (secondary N) is 1. The molecule has 4 fully saturated rings. The summed E-state index contributed by atoms with van der Waals surface area (Å²) >= 11 is 0. The van der Waals surface area contributed by atoms with E-state index in [4.69, 9.17) is 18.8 Å². The summed E-state index contributed by atoms with van der Waals surface area (Å²) in [5.74, 6) is -0.463. The van der Waals surface area contributed by atoms with E-state index in [1.54, 1.807) is 9.80 Å². The minimum absolute atomic E-state index is 0.127. The zero-order valence-electron chi connectivity index (χ0n) is 24.5. The number of ether oxygens (including phenoxy) is 2. The largest absolute Gasteiger partial charge is 0.468 e. The van der Waals surface area contributed by atoms with Crippen LogP contribution in [0.15, 0.2) is 0 Å². The van der Waals surface area contributed by atoms with Crippen molar-refractivity contribution in [3.63, 3.8) is 0 Å². The molecule has 0 bridgehead atoms. The number of methoxy groups -OCH3 is 1. The van der Waals surface area contributed by atoms with Crippen molar-refractivity contribution in [2.24, 2.45) is 5.41 Å². The third kappa shape index (κ3) is 5.06. The number of esters is 1. The molecular weight excluding hydrogens is 489 g/mol. The van der Waals surface area contributed by atoms with E-state index in [-0.39, 0.29) is 25.5 Å². The zero-order valence-corrected chi connectivity index (χ0v) is 24.5. The fourth-order valence-electron chi connectivity index (χ4n) is 6.63. The molecule has 2 amide bonds. The Kier molecular flexibility index (Phi) is 7.64. The molecule has 0 aliphatic carbocycles. The molecule has 214 valence electrons. The molecule has 10 nitrogen and oxygen atoms in total. The lowest BCUT2D eigenvalue weighted by atomic mass is 9.67. The van der Waals surface area contributed by atoms with Gasteiger partial charge in [0, 0.05) is 18.5 Å². The summed E-state index contributed by atoms with van der Waals surface area (Å²) in [5.41, 5.74) is -2.85. The highest BCUT2D eigenvalue weighted by Gasteiger charge is 2.66. The summed E-state index contributed by atoms with van der Waals surface area (Å²) in [6.45, 7) is 15.5. The van der Waals surface area contributed by atoms with Crippen LogP contribution >= 0.6 is 0 Å². The number of fused-ring (bicyclic) bond motifs is 1. The Morgan fingerprint density at radius 1 is 1.08 bits per heavy atom. The van der Waals surface area contributed by atoms with Gasteiger partial charge in [-0.2, -0.15) is 0 Å². The van der Waals surface area contributed by atoms with Crippen molar-refractivity contribution in [3.05, 3.63) is 0 Å². The van der Waals surface area contributed by atoms with Crippen LogP contribution in [0.2, 0.25) is 6.32 Å². The van der Waals surface area contributed by atoms with Crippen molar-refractivity contribution >= 4 is 25.1 Å². The third-order valence-corrected chi connectivity index (χ3v) is 9.27. The van der Waals surface area contributed by atoms with Crippen molar-refractivity contribution in [3.8, 4) is 0 Å². The molecule has 0 aromatic heterocycles. The third-order valence-electron chi connectivity index (χ3n) is 9.27. The van der Waals surface area contributed by atoms with Crippen LogP contribution in [0.3, 0.4) is 0 Å². The Labute approximate surface area is 227 Å². The first-order valence-electron chi connectivity index (χ1n) is 14.0. The number of rotatable bonds is 6. The van der Waals surface area contributed by atoms with E-state index < -0.39 is 39.9 Å². The predicted octanol–water partition coefficient (Wildman–Crippen LogP) is 2.99. The Morgan fingerprint density at radius 2 is 1.74 bits per heavy atom. The maximum Gasteiger partial charge on any atom is 0.457 e. The Bertz CT molecular complexity index is 935. The van der Waals surface area contributed by atoms with Gasteiger partial charge in [-0.05, 0) is 87.0 Å². The lowest BCUT2D eigenvalue weighted by Crippen LogP contribution is -2.59. The number of amides is 2. The molecule has 0 aromatic carbocycles. The molecule has 4 aliphatic rings. The molecule has 4 aliphatic heterocycles. The van der Waals surface area contributed by atoms with Crippen LogP contribution in [0.25, 0.3) is 0 Å². The smallest absolute Gasteiger partial charge is 0.457 e. The van der Waals surface area contributed by atoms with Crippen LogP contribution in [-0.4, -0.2) is 96.6 Å². The van der Waals surface area contributed by atoms with Gasteiger partial charge in [-0.25, -0.2) is 9.59 Å². The Balaban J connectivity index is 1.49. The fourth-order valence-corrected chi connectivity index (χ4v) is 6.63. The molecule has 0 spiro atoms. The van der Waals surface area contributed by atoms with Crippen LogP contribution in [0.1, 0.15) is 80.6 Å². The number of nitrogens with zero attached hydrogens (tertiary/aromatic N) is 2. The normalized spacial score (nSPS) is 32.0. The van der Waals surface area contributed by atoms with E-state index in [9.17, 15) is 14.4 Å². The van der Waals surface area contributed by atoms with Crippen molar-refractivity contribution in [1.82, 2.24) is 15.1 Å². The molecule has 4 rings (SSSR count). The topological polar surface area (TPSA) is 107 Å². The predicted molar refractivity (Wildman–Crippen MR) is 142 cm³/mol. The monoisotopic (exact) mass is 535 g/mol. The molecule has 0 aromatic rings. The number of hydrogen-bond donors (Lipinski definition) is 1. The summed E-state index contributed by atoms with van der Waals surface area (Å²) in [4.78, 5) is 43.3. The van der Waals surface area contributed by atoms with Crippen molar-refractivity contribution in [2.75, 3.05) is 33.3 Å². The number of carbonyl (C=O) groups excluding carboxylic acids is 3. The molecule has 0 saturated carbocycles. The number of hydrogen-bond acceptors (Lipinski definition) is 8. The molecule has 0 radical (unpaired) electrons. The molecule has 3 atom stereocenters. The van der Waals surface area contributed by atoms with Crippen molar-refractivity contribution < 1.29 is 33.2 Å². The zero-order chi connectivity index (χ0) is 28.1. The van der Waals surface area contributed by atoms with Gasteiger partial charge in [0.25, 0.3) is 0 Å². The highest BCUT2D eigenvalue weighted by atomic mass is 16.7. The van der Waals surface area contributed by atoms with Crippen LogP contribution in [0.5, 0.6) is 0 Å². The van der Waals surface area contributed by atoms with Crippen LogP contribution in [-0.2, 0) is 28.4 Å². The molecule has 38 heavy (non-hydrogen) atoms. The van der Waals surface area contributed by atoms with E-state index in [1.807, 2.05) is 48.5 Å². The highest BCUT2D eigenvalue weighted by molar-refractivity contribution is 6.45. The fraction of sp³-hybridized carbons (Fsp3) is 0.889. The summed E-state index contributed by atoms with van der Waals surface area (Å²) < 4.78 is 23.2. The minimum atomic E-state index is -0.970. The van der Waals surface area contributed by atoms with Crippen molar-refractivity contribution in [2.45, 2.75) is 115 Å².